The Kier molecular flexibility index (Phi) is 5.51. The molecule has 9 nitrogen and oxygen atoms in total. The van der Waals surface area contributed by atoms with Crippen LogP contribution >= 0.6 is 0 Å². The SMILES string of the molecule is Cn1c(F)cc(-c2ccc(-c3ncc(N(C4CC4)[C@H]4C[C@@H]5CCC[C@](C)(C4)N5)nn3)c(O)c2)nc1=O. The van der Waals surface area contributed by atoms with Crippen LogP contribution in [0.3, 0.4) is 0 Å². The van der Waals surface area contributed by atoms with E-state index >= 15 is 0 Å². The fourth-order valence-electron chi connectivity index (χ4n) is 5.93. The van der Waals surface area contributed by atoms with Crippen molar-refractivity contribution in [1.29, 1.82) is 0 Å². The molecule has 2 aliphatic heterocycles. The molecule has 0 amide bonds. The van der Waals surface area contributed by atoms with E-state index in [-0.39, 0.29) is 17.0 Å². The van der Waals surface area contributed by atoms with Gasteiger partial charge >= 0.3 is 5.69 Å². The molecule has 3 aromatic rings. The van der Waals surface area contributed by atoms with Gasteiger partial charge in [0, 0.05) is 42.3 Å². The van der Waals surface area contributed by atoms with Gasteiger partial charge in [0.25, 0.3) is 0 Å². The maximum atomic E-state index is 14.0. The van der Waals surface area contributed by atoms with E-state index in [1.807, 2.05) is 0 Å². The van der Waals surface area contributed by atoms with E-state index in [1.54, 1.807) is 18.3 Å². The third-order valence-electron chi connectivity index (χ3n) is 7.84. The Hall–Kier alpha value is -3.40. The first kappa shape index (κ1) is 23.0. The Bertz CT molecular complexity index is 1360. The van der Waals surface area contributed by atoms with E-state index in [1.165, 1.54) is 32.4 Å². The molecule has 3 fully saturated rings. The highest BCUT2D eigenvalue weighted by Gasteiger charge is 2.45. The van der Waals surface area contributed by atoms with E-state index in [0.717, 1.165) is 42.1 Å². The molecule has 0 spiro atoms. The van der Waals surface area contributed by atoms with Gasteiger partial charge in [-0.3, -0.25) is 4.57 Å². The van der Waals surface area contributed by atoms with Crippen molar-refractivity contribution >= 4 is 5.82 Å². The van der Waals surface area contributed by atoms with Crippen LogP contribution in [0.1, 0.15) is 51.9 Å². The van der Waals surface area contributed by atoms with Crippen molar-refractivity contribution in [1.82, 2.24) is 30.0 Å². The molecule has 2 saturated heterocycles. The largest absolute Gasteiger partial charge is 0.507 e. The third kappa shape index (κ3) is 4.23. The highest BCUT2D eigenvalue weighted by molar-refractivity contribution is 5.71. The number of hydrogen-bond donors (Lipinski definition) is 2. The highest BCUT2D eigenvalue weighted by atomic mass is 19.1. The van der Waals surface area contributed by atoms with Gasteiger partial charge in [0.15, 0.2) is 17.6 Å². The van der Waals surface area contributed by atoms with Gasteiger partial charge in [0.05, 0.1) is 17.5 Å². The van der Waals surface area contributed by atoms with Gasteiger partial charge in [-0.05, 0) is 57.6 Å². The minimum Gasteiger partial charge on any atom is -0.507 e. The number of piperidine rings is 2. The van der Waals surface area contributed by atoms with Crippen LogP contribution in [0, 0.1) is 5.95 Å². The molecule has 10 heteroatoms. The first-order chi connectivity index (χ1) is 17.3. The van der Waals surface area contributed by atoms with Gasteiger partial charge < -0.3 is 15.3 Å². The summed E-state index contributed by atoms with van der Waals surface area (Å²) in [5, 5.41) is 23.4. The number of benzene rings is 1. The second-order valence-corrected chi connectivity index (χ2v) is 10.7. The molecule has 0 unspecified atom stereocenters. The number of aromatic nitrogens is 5. The van der Waals surface area contributed by atoms with Crippen molar-refractivity contribution in [2.75, 3.05) is 4.90 Å². The first-order valence-corrected chi connectivity index (χ1v) is 12.6. The lowest BCUT2D eigenvalue weighted by Crippen LogP contribution is -2.61. The van der Waals surface area contributed by atoms with Gasteiger partial charge in [-0.1, -0.05) is 12.5 Å². The number of nitrogens with one attached hydrogen (secondary N) is 1. The van der Waals surface area contributed by atoms with Crippen molar-refractivity contribution in [3.05, 3.63) is 46.9 Å². The second-order valence-electron chi connectivity index (χ2n) is 10.7. The lowest BCUT2D eigenvalue weighted by Gasteiger charge is -2.50. The Labute approximate surface area is 208 Å². The minimum atomic E-state index is -0.705. The quantitative estimate of drug-likeness (QED) is 0.524. The van der Waals surface area contributed by atoms with E-state index in [9.17, 15) is 14.3 Å². The summed E-state index contributed by atoms with van der Waals surface area (Å²) in [6.07, 6.45) is 9.99. The molecule has 188 valence electrons. The maximum absolute atomic E-state index is 14.0. The number of rotatable bonds is 5. The van der Waals surface area contributed by atoms with E-state index in [4.69, 9.17) is 0 Å². The summed E-state index contributed by atoms with van der Waals surface area (Å²) in [5.41, 5.74) is 0.440. The smallest absolute Gasteiger partial charge is 0.350 e. The zero-order chi connectivity index (χ0) is 25.0. The minimum absolute atomic E-state index is 0.0944. The van der Waals surface area contributed by atoms with Crippen molar-refractivity contribution in [2.45, 2.75) is 75.5 Å². The Morgan fingerprint density at radius 3 is 2.69 bits per heavy atom. The van der Waals surface area contributed by atoms with Gasteiger partial charge in [-0.25, -0.2) is 9.78 Å². The molecule has 1 aromatic carbocycles. The lowest BCUT2D eigenvalue weighted by molar-refractivity contribution is 0.138. The third-order valence-corrected chi connectivity index (χ3v) is 7.84. The molecular weight excluding hydrogens is 461 g/mol. The summed E-state index contributed by atoms with van der Waals surface area (Å²) in [7, 11) is 1.31. The van der Waals surface area contributed by atoms with Gasteiger partial charge in [0.1, 0.15) is 5.75 Å². The Morgan fingerprint density at radius 1 is 1.19 bits per heavy atom. The summed E-state index contributed by atoms with van der Waals surface area (Å²) in [6, 6.07) is 7.31. The van der Waals surface area contributed by atoms with Crippen LogP contribution in [0.4, 0.5) is 10.2 Å². The predicted octanol–water partition coefficient (Wildman–Crippen LogP) is 3.18. The summed E-state index contributed by atoms with van der Waals surface area (Å²) in [5.74, 6) is 0.285. The number of halogens is 1. The molecule has 2 aromatic heterocycles. The number of fused-ring (bicyclic) bond motifs is 2. The van der Waals surface area contributed by atoms with Gasteiger partial charge in [-0.2, -0.15) is 9.37 Å². The Balaban J connectivity index is 1.26. The molecule has 3 aliphatic rings. The van der Waals surface area contributed by atoms with Crippen LogP contribution in [0.15, 0.2) is 35.3 Å². The van der Waals surface area contributed by atoms with Crippen LogP contribution in [0.25, 0.3) is 22.6 Å². The fraction of sp³-hybridized carbons (Fsp3) is 0.500. The van der Waals surface area contributed by atoms with Crippen LogP contribution in [0.2, 0.25) is 0 Å². The molecular formula is C26H30FN7O2. The number of phenols is 1. The van der Waals surface area contributed by atoms with Crippen molar-refractivity contribution in [2.24, 2.45) is 7.05 Å². The molecule has 2 N–H and O–H groups in total. The predicted molar refractivity (Wildman–Crippen MR) is 133 cm³/mol. The van der Waals surface area contributed by atoms with E-state index < -0.39 is 11.6 Å². The van der Waals surface area contributed by atoms with Crippen molar-refractivity contribution in [3.8, 4) is 28.4 Å². The lowest BCUT2D eigenvalue weighted by atomic mass is 9.75. The van der Waals surface area contributed by atoms with Crippen molar-refractivity contribution in [3.63, 3.8) is 0 Å². The Morgan fingerprint density at radius 2 is 2.03 bits per heavy atom. The number of nitrogens with zero attached hydrogens (tertiary/aromatic N) is 6. The molecule has 0 radical (unpaired) electrons. The molecule has 36 heavy (non-hydrogen) atoms. The monoisotopic (exact) mass is 491 g/mol. The topological polar surface area (TPSA) is 109 Å². The first-order valence-electron chi connectivity index (χ1n) is 12.6. The average Bonchev–Trinajstić information content (AvgIpc) is 3.67. The summed E-state index contributed by atoms with van der Waals surface area (Å²) < 4.78 is 14.8. The zero-order valence-electron chi connectivity index (χ0n) is 20.5. The molecule has 4 heterocycles. The summed E-state index contributed by atoms with van der Waals surface area (Å²) >= 11 is 0. The molecule has 2 bridgehead atoms. The zero-order valence-corrected chi connectivity index (χ0v) is 20.5. The highest BCUT2D eigenvalue weighted by Crippen LogP contribution is 2.41. The van der Waals surface area contributed by atoms with Crippen LogP contribution in [-0.2, 0) is 7.05 Å². The maximum Gasteiger partial charge on any atom is 0.350 e. The molecule has 1 aliphatic carbocycles. The van der Waals surface area contributed by atoms with E-state index in [0.29, 0.717) is 35.1 Å². The van der Waals surface area contributed by atoms with Crippen LogP contribution in [0.5, 0.6) is 5.75 Å². The number of anilines is 1. The fourth-order valence-corrected chi connectivity index (χ4v) is 5.93. The van der Waals surface area contributed by atoms with E-state index in [2.05, 4.69) is 37.3 Å². The second kappa shape index (κ2) is 8.62. The normalized spacial score (nSPS) is 25.5. The molecule has 3 atom stereocenters. The van der Waals surface area contributed by atoms with Crippen LogP contribution < -0.4 is 15.9 Å². The number of hydrogen-bond acceptors (Lipinski definition) is 8. The number of phenolic OH excluding ortho intramolecular Hbond substituents is 1. The van der Waals surface area contributed by atoms with Crippen LogP contribution in [-0.4, -0.2) is 53.5 Å². The van der Waals surface area contributed by atoms with Gasteiger partial charge in [-0.15, -0.1) is 10.2 Å². The average molecular weight is 492 g/mol. The van der Waals surface area contributed by atoms with Gasteiger partial charge in [0.2, 0.25) is 0 Å². The summed E-state index contributed by atoms with van der Waals surface area (Å²) in [4.78, 5) is 22.7. The molecule has 6 rings (SSSR count). The standard InChI is InChI=1S/C26H30FN7O2/c1-26-9-3-4-16(30-26)11-18(13-26)34(17-6-7-17)23-14-28-24(32-31-23)19-8-5-15(10-21(19)35)20-12-22(27)33(2)25(36)29-20/h5,8,10,12,14,16-18,30,35H,3-4,6-7,9,11,13H2,1-2H3/t16-,18-,26+/m0/s1. The summed E-state index contributed by atoms with van der Waals surface area (Å²) in [6.45, 7) is 2.34. The molecule has 1 saturated carbocycles. The van der Waals surface area contributed by atoms with Crippen molar-refractivity contribution < 1.29 is 9.50 Å². The number of aromatic hydroxyl groups is 1.